The van der Waals surface area contributed by atoms with Gasteiger partial charge >= 0.3 is 5.97 Å². The highest BCUT2D eigenvalue weighted by atomic mass is 35.5. The molecule has 0 aliphatic rings. The van der Waals surface area contributed by atoms with Crippen LogP contribution in [0.5, 0.6) is 0 Å². The number of hydrogen-bond donors (Lipinski definition) is 0. The fraction of sp³-hybridized carbons (Fsp3) is 0.273. The molecule has 1 aromatic heterocycles. The van der Waals surface area contributed by atoms with Crippen LogP contribution in [0.4, 0.5) is 0 Å². The largest absolute Gasteiger partial charge is 0.466 e. The van der Waals surface area contributed by atoms with Crippen molar-refractivity contribution in [3.05, 3.63) is 28.2 Å². The van der Waals surface area contributed by atoms with Gasteiger partial charge in [-0.3, -0.25) is 4.79 Å². The smallest absolute Gasteiger partial charge is 0.310 e. The summed E-state index contributed by atoms with van der Waals surface area (Å²) in [5.74, 6) is -0.211. The molecule has 2 aromatic rings. The number of ether oxygens (including phenoxy) is 1. The van der Waals surface area contributed by atoms with E-state index in [2.05, 4.69) is 4.98 Å². The summed E-state index contributed by atoms with van der Waals surface area (Å²) in [6, 6.07) is 5.66. The number of rotatable bonds is 3. The zero-order chi connectivity index (χ0) is 11.5. The molecule has 84 valence electrons. The number of carbonyl (C=O) groups is 1. The third-order valence-corrected chi connectivity index (χ3v) is 3.20. The maximum Gasteiger partial charge on any atom is 0.310 e. The maximum absolute atomic E-state index is 11.3. The summed E-state index contributed by atoms with van der Waals surface area (Å²) in [4.78, 5) is 15.4. The number of esters is 1. The predicted octanol–water partition coefficient (Wildman–Crippen LogP) is 3.06. The van der Waals surface area contributed by atoms with Crippen LogP contribution in [-0.2, 0) is 16.0 Å². The molecule has 1 heterocycles. The molecule has 2 rings (SSSR count). The normalized spacial score (nSPS) is 10.6. The Bertz CT molecular complexity index is 524. The van der Waals surface area contributed by atoms with Crippen LogP contribution in [0.3, 0.4) is 0 Å². The summed E-state index contributed by atoms with van der Waals surface area (Å²) in [5.41, 5.74) is 1.79. The highest BCUT2D eigenvalue weighted by molar-refractivity contribution is 7.22. The average molecular weight is 256 g/mol. The SMILES string of the molecule is CCOC(=O)Cc1ccc2nc(Cl)sc2c1. The van der Waals surface area contributed by atoms with Gasteiger partial charge in [-0.25, -0.2) is 4.98 Å². The Kier molecular flexibility index (Phi) is 3.41. The van der Waals surface area contributed by atoms with Crippen molar-refractivity contribution in [1.82, 2.24) is 4.98 Å². The third kappa shape index (κ3) is 2.51. The summed E-state index contributed by atoms with van der Waals surface area (Å²) in [5, 5.41) is 0. The van der Waals surface area contributed by atoms with E-state index in [0.717, 1.165) is 15.8 Å². The van der Waals surface area contributed by atoms with Crippen molar-refractivity contribution in [2.75, 3.05) is 6.61 Å². The molecule has 0 aliphatic heterocycles. The molecule has 0 saturated carbocycles. The van der Waals surface area contributed by atoms with E-state index < -0.39 is 0 Å². The zero-order valence-electron chi connectivity index (χ0n) is 8.70. The Morgan fingerprint density at radius 3 is 3.12 bits per heavy atom. The second-order valence-corrected chi connectivity index (χ2v) is 4.86. The van der Waals surface area contributed by atoms with Gasteiger partial charge in [0, 0.05) is 0 Å². The molecule has 0 saturated heterocycles. The van der Waals surface area contributed by atoms with Crippen LogP contribution < -0.4 is 0 Å². The molecule has 0 radical (unpaired) electrons. The minimum Gasteiger partial charge on any atom is -0.466 e. The number of nitrogens with zero attached hydrogens (tertiary/aromatic N) is 1. The lowest BCUT2D eigenvalue weighted by Gasteiger charge is -2.01. The molecule has 16 heavy (non-hydrogen) atoms. The van der Waals surface area contributed by atoms with E-state index in [1.165, 1.54) is 11.3 Å². The predicted molar refractivity (Wildman–Crippen MR) is 65.0 cm³/mol. The van der Waals surface area contributed by atoms with Gasteiger partial charge < -0.3 is 4.74 Å². The Balaban J connectivity index is 2.22. The van der Waals surface area contributed by atoms with Crippen LogP contribution in [0.2, 0.25) is 4.47 Å². The highest BCUT2D eigenvalue weighted by Crippen LogP contribution is 2.26. The summed E-state index contributed by atoms with van der Waals surface area (Å²) < 4.78 is 6.40. The van der Waals surface area contributed by atoms with Crippen molar-refractivity contribution in [1.29, 1.82) is 0 Å². The zero-order valence-corrected chi connectivity index (χ0v) is 10.3. The molecule has 0 fully saturated rings. The van der Waals surface area contributed by atoms with Gasteiger partial charge in [-0.05, 0) is 24.6 Å². The summed E-state index contributed by atoms with van der Waals surface area (Å²) >= 11 is 7.22. The molecule has 1 aromatic carbocycles. The van der Waals surface area contributed by atoms with Gasteiger partial charge in [0.2, 0.25) is 0 Å². The molecule has 0 unspecified atom stereocenters. The second-order valence-electron chi connectivity index (χ2n) is 3.25. The third-order valence-electron chi connectivity index (χ3n) is 2.08. The van der Waals surface area contributed by atoms with Crippen molar-refractivity contribution in [3.8, 4) is 0 Å². The van der Waals surface area contributed by atoms with E-state index in [-0.39, 0.29) is 5.97 Å². The number of benzene rings is 1. The van der Waals surface area contributed by atoms with Gasteiger partial charge in [-0.15, -0.1) is 11.3 Å². The van der Waals surface area contributed by atoms with Crippen molar-refractivity contribution in [3.63, 3.8) is 0 Å². The lowest BCUT2D eigenvalue weighted by Crippen LogP contribution is -2.07. The van der Waals surface area contributed by atoms with Crippen molar-refractivity contribution in [2.45, 2.75) is 13.3 Å². The first-order valence-corrected chi connectivity index (χ1v) is 6.09. The second kappa shape index (κ2) is 4.80. The average Bonchev–Trinajstić information content (AvgIpc) is 2.57. The minimum absolute atomic E-state index is 0.211. The fourth-order valence-electron chi connectivity index (χ4n) is 1.43. The van der Waals surface area contributed by atoms with Crippen molar-refractivity contribution in [2.24, 2.45) is 0 Å². The monoisotopic (exact) mass is 255 g/mol. The number of aromatic nitrogens is 1. The summed E-state index contributed by atoms with van der Waals surface area (Å²) in [7, 11) is 0. The van der Waals surface area contributed by atoms with E-state index >= 15 is 0 Å². The molecule has 0 N–H and O–H groups in total. The molecular formula is C11H10ClNO2S. The molecular weight excluding hydrogens is 246 g/mol. The van der Waals surface area contributed by atoms with Crippen LogP contribution in [0.15, 0.2) is 18.2 Å². The summed E-state index contributed by atoms with van der Waals surface area (Å²) in [6.45, 7) is 2.21. The highest BCUT2D eigenvalue weighted by Gasteiger charge is 2.07. The Morgan fingerprint density at radius 2 is 2.38 bits per heavy atom. The molecule has 0 atom stereocenters. The standard InChI is InChI=1S/C11H10ClNO2S/c1-2-15-10(14)6-7-3-4-8-9(5-7)16-11(12)13-8/h3-5H,2,6H2,1H3. The van der Waals surface area contributed by atoms with Crippen molar-refractivity contribution >= 4 is 39.1 Å². The number of halogens is 1. The Hall–Kier alpha value is -1.13. The topological polar surface area (TPSA) is 39.2 Å². The maximum atomic E-state index is 11.3. The number of hydrogen-bond acceptors (Lipinski definition) is 4. The Morgan fingerprint density at radius 1 is 1.56 bits per heavy atom. The quantitative estimate of drug-likeness (QED) is 0.792. The lowest BCUT2D eigenvalue weighted by molar-refractivity contribution is -0.142. The van der Waals surface area contributed by atoms with Crippen LogP contribution in [-0.4, -0.2) is 17.6 Å². The van der Waals surface area contributed by atoms with Crippen LogP contribution >= 0.6 is 22.9 Å². The van der Waals surface area contributed by atoms with Gasteiger partial charge in [0.25, 0.3) is 0 Å². The van der Waals surface area contributed by atoms with E-state index in [1.54, 1.807) is 6.92 Å². The van der Waals surface area contributed by atoms with E-state index in [4.69, 9.17) is 16.3 Å². The molecule has 3 nitrogen and oxygen atoms in total. The summed E-state index contributed by atoms with van der Waals surface area (Å²) in [6.07, 6.45) is 0.291. The van der Waals surface area contributed by atoms with E-state index in [9.17, 15) is 4.79 Å². The number of thiazole rings is 1. The minimum atomic E-state index is -0.211. The van der Waals surface area contributed by atoms with Gasteiger partial charge in [0.15, 0.2) is 4.47 Å². The molecule has 0 bridgehead atoms. The first-order chi connectivity index (χ1) is 7.69. The van der Waals surface area contributed by atoms with Crippen LogP contribution in [0.1, 0.15) is 12.5 Å². The van der Waals surface area contributed by atoms with Crippen LogP contribution in [0.25, 0.3) is 10.2 Å². The number of fused-ring (bicyclic) bond motifs is 1. The van der Waals surface area contributed by atoms with Gasteiger partial charge in [0.05, 0.1) is 23.2 Å². The molecule has 0 spiro atoms. The molecule has 0 amide bonds. The molecule has 0 aliphatic carbocycles. The number of carbonyl (C=O) groups excluding carboxylic acids is 1. The van der Waals surface area contributed by atoms with Crippen LogP contribution in [0, 0.1) is 0 Å². The van der Waals surface area contributed by atoms with Gasteiger partial charge in [0.1, 0.15) is 0 Å². The van der Waals surface area contributed by atoms with E-state index in [0.29, 0.717) is 17.5 Å². The fourth-order valence-corrected chi connectivity index (χ4v) is 2.52. The van der Waals surface area contributed by atoms with Gasteiger partial charge in [-0.1, -0.05) is 17.7 Å². The van der Waals surface area contributed by atoms with Gasteiger partial charge in [-0.2, -0.15) is 0 Å². The van der Waals surface area contributed by atoms with Crippen molar-refractivity contribution < 1.29 is 9.53 Å². The molecule has 5 heteroatoms. The lowest BCUT2D eigenvalue weighted by atomic mass is 10.1. The van der Waals surface area contributed by atoms with E-state index in [1.807, 2.05) is 18.2 Å². The Labute approximate surface area is 102 Å². The first kappa shape index (κ1) is 11.4. The first-order valence-electron chi connectivity index (χ1n) is 4.89.